The summed E-state index contributed by atoms with van der Waals surface area (Å²) in [5.41, 5.74) is 0.324. The molecule has 104 valence electrons. The molecular formula is C14H21N3O2. The fourth-order valence-corrected chi connectivity index (χ4v) is 2.49. The summed E-state index contributed by atoms with van der Waals surface area (Å²) in [5.74, 6) is 0.357. The number of amides is 1. The number of aromatic nitrogens is 1. The third-order valence-corrected chi connectivity index (χ3v) is 3.75. The van der Waals surface area contributed by atoms with Crippen molar-refractivity contribution in [1.29, 1.82) is 0 Å². The van der Waals surface area contributed by atoms with E-state index in [9.17, 15) is 9.90 Å². The highest BCUT2D eigenvalue weighted by Crippen LogP contribution is 2.20. The number of hydrogen-bond acceptors (Lipinski definition) is 4. The third kappa shape index (κ3) is 3.44. The predicted molar refractivity (Wildman–Crippen MR) is 73.1 cm³/mol. The van der Waals surface area contributed by atoms with Gasteiger partial charge in [-0.25, -0.2) is 0 Å². The second kappa shape index (κ2) is 6.02. The van der Waals surface area contributed by atoms with Crippen LogP contribution in [0.15, 0.2) is 18.5 Å². The second-order valence-corrected chi connectivity index (χ2v) is 5.33. The fraction of sp³-hybridized carbons (Fsp3) is 0.571. The molecule has 1 fully saturated rings. The minimum atomic E-state index is -0.140. The highest BCUT2D eigenvalue weighted by molar-refractivity contribution is 5.96. The molecule has 0 atom stereocenters. The van der Waals surface area contributed by atoms with Crippen molar-refractivity contribution in [3.05, 3.63) is 24.0 Å². The lowest BCUT2D eigenvalue weighted by atomic mass is 9.96. The predicted octanol–water partition coefficient (Wildman–Crippen LogP) is 1.20. The topological polar surface area (TPSA) is 56.7 Å². The maximum absolute atomic E-state index is 12.2. The van der Waals surface area contributed by atoms with E-state index < -0.39 is 0 Å². The average Bonchev–Trinajstić information content (AvgIpc) is 2.41. The molecule has 1 aromatic heterocycles. The van der Waals surface area contributed by atoms with Gasteiger partial charge >= 0.3 is 0 Å². The SMILES string of the molecule is CN1CCC(CN(C)C(=O)c2ccncc2O)CC1. The smallest absolute Gasteiger partial charge is 0.257 e. The summed E-state index contributed by atoms with van der Waals surface area (Å²) in [6, 6.07) is 1.56. The van der Waals surface area contributed by atoms with E-state index in [4.69, 9.17) is 0 Å². The van der Waals surface area contributed by atoms with Crippen LogP contribution in [0.4, 0.5) is 0 Å². The molecule has 0 radical (unpaired) electrons. The van der Waals surface area contributed by atoms with Crippen molar-refractivity contribution in [2.75, 3.05) is 33.7 Å². The Morgan fingerprint density at radius 3 is 2.84 bits per heavy atom. The molecular weight excluding hydrogens is 242 g/mol. The van der Waals surface area contributed by atoms with Crippen LogP contribution in [0.5, 0.6) is 5.75 Å². The number of pyridine rings is 1. The number of nitrogens with zero attached hydrogens (tertiary/aromatic N) is 3. The van der Waals surface area contributed by atoms with Crippen molar-refractivity contribution in [1.82, 2.24) is 14.8 Å². The lowest BCUT2D eigenvalue weighted by molar-refractivity contribution is 0.0744. The first-order chi connectivity index (χ1) is 9.08. The number of carbonyl (C=O) groups excluding carboxylic acids is 1. The third-order valence-electron chi connectivity index (χ3n) is 3.75. The van der Waals surface area contributed by atoms with Crippen LogP contribution in [0.2, 0.25) is 0 Å². The Labute approximate surface area is 113 Å². The molecule has 1 amide bonds. The number of aromatic hydroxyl groups is 1. The molecule has 0 aromatic carbocycles. The standard InChI is InChI=1S/C14H21N3O2/c1-16-7-4-11(5-8-16)10-17(2)14(19)12-3-6-15-9-13(12)18/h3,6,9,11,18H,4-5,7-8,10H2,1-2H3. The second-order valence-electron chi connectivity index (χ2n) is 5.33. The van der Waals surface area contributed by atoms with Crippen LogP contribution in [0.1, 0.15) is 23.2 Å². The van der Waals surface area contributed by atoms with Crippen molar-refractivity contribution < 1.29 is 9.90 Å². The Morgan fingerprint density at radius 2 is 2.21 bits per heavy atom. The molecule has 1 saturated heterocycles. The highest BCUT2D eigenvalue weighted by Gasteiger charge is 2.22. The van der Waals surface area contributed by atoms with Crippen LogP contribution in [-0.4, -0.2) is 59.5 Å². The zero-order valence-electron chi connectivity index (χ0n) is 11.5. The van der Waals surface area contributed by atoms with Gasteiger partial charge < -0.3 is 14.9 Å². The van der Waals surface area contributed by atoms with Crippen LogP contribution in [0.25, 0.3) is 0 Å². The van der Waals surface area contributed by atoms with Gasteiger partial charge in [0.1, 0.15) is 5.75 Å². The van der Waals surface area contributed by atoms with Gasteiger partial charge in [0, 0.05) is 19.8 Å². The van der Waals surface area contributed by atoms with Gasteiger partial charge in [0.15, 0.2) is 0 Å². The first-order valence-corrected chi connectivity index (χ1v) is 6.65. The molecule has 1 N–H and O–H groups in total. The van der Waals surface area contributed by atoms with E-state index in [2.05, 4.69) is 16.9 Å². The molecule has 0 unspecified atom stereocenters. The molecule has 1 aliphatic rings. The summed E-state index contributed by atoms with van der Waals surface area (Å²) < 4.78 is 0. The number of likely N-dealkylation sites (tertiary alicyclic amines) is 1. The van der Waals surface area contributed by atoms with Crippen molar-refractivity contribution in [3.8, 4) is 5.75 Å². The Balaban J connectivity index is 1.94. The van der Waals surface area contributed by atoms with Crippen molar-refractivity contribution in [2.45, 2.75) is 12.8 Å². The first-order valence-electron chi connectivity index (χ1n) is 6.65. The summed E-state index contributed by atoms with van der Waals surface area (Å²) in [7, 11) is 3.92. The van der Waals surface area contributed by atoms with Crippen molar-refractivity contribution in [2.24, 2.45) is 5.92 Å². The first kappa shape index (κ1) is 13.8. The average molecular weight is 263 g/mol. The molecule has 0 saturated carbocycles. The molecule has 5 nitrogen and oxygen atoms in total. The molecule has 0 aliphatic carbocycles. The maximum Gasteiger partial charge on any atom is 0.257 e. The summed E-state index contributed by atoms with van der Waals surface area (Å²) in [4.78, 5) is 20.0. The van der Waals surface area contributed by atoms with Gasteiger partial charge in [0.05, 0.1) is 11.8 Å². The monoisotopic (exact) mass is 263 g/mol. The zero-order chi connectivity index (χ0) is 13.8. The van der Waals surface area contributed by atoms with Gasteiger partial charge in [-0.05, 0) is 45.0 Å². The lowest BCUT2D eigenvalue weighted by Gasteiger charge is -2.31. The number of hydrogen-bond donors (Lipinski definition) is 1. The summed E-state index contributed by atoms with van der Waals surface area (Å²) in [6.07, 6.45) is 5.07. The van der Waals surface area contributed by atoms with E-state index in [0.717, 1.165) is 32.5 Å². The summed E-state index contributed by atoms with van der Waals surface area (Å²) in [5, 5.41) is 9.65. The van der Waals surface area contributed by atoms with Gasteiger partial charge in [-0.3, -0.25) is 9.78 Å². The Kier molecular flexibility index (Phi) is 4.37. The Hall–Kier alpha value is -1.62. The van der Waals surface area contributed by atoms with E-state index in [1.54, 1.807) is 18.0 Å². The molecule has 2 heterocycles. The van der Waals surface area contributed by atoms with Crippen LogP contribution in [0.3, 0.4) is 0 Å². The van der Waals surface area contributed by atoms with E-state index in [1.165, 1.54) is 12.4 Å². The minimum Gasteiger partial charge on any atom is -0.505 e. The minimum absolute atomic E-state index is 0.0530. The number of carbonyl (C=O) groups is 1. The zero-order valence-corrected chi connectivity index (χ0v) is 11.5. The van der Waals surface area contributed by atoms with E-state index >= 15 is 0 Å². The molecule has 0 spiro atoms. The summed E-state index contributed by atoms with van der Waals surface area (Å²) >= 11 is 0. The fourth-order valence-electron chi connectivity index (χ4n) is 2.49. The van der Waals surface area contributed by atoms with E-state index in [1.807, 2.05) is 0 Å². The number of rotatable bonds is 3. The molecule has 5 heteroatoms. The van der Waals surface area contributed by atoms with E-state index in [0.29, 0.717) is 11.5 Å². The van der Waals surface area contributed by atoms with Crippen LogP contribution >= 0.6 is 0 Å². The van der Waals surface area contributed by atoms with Gasteiger partial charge in [0.25, 0.3) is 5.91 Å². The molecule has 19 heavy (non-hydrogen) atoms. The highest BCUT2D eigenvalue weighted by atomic mass is 16.3. The Bertz CT molecular complexity index is 442. The molecule has 1 aliphatic heterocycles. The van der Waals surface area contributed by atoms with Crippen molar-refractivity contribution in [3.63, 3.8) is 0 Å². The molecule has 2 rings (SSSR count). The van der Waals surface area contributed by atoms with Crippen LogP contribution in [0, 0.1) is 5.92 Å². The van der Waals surface area contributed by atoms with Gasteiger partial charge in [-0.2, -0.15) is 0 Å². The van der Waals surface area contributed by atoms with Gasteiger partial charge in [-0.1, -0.05) is 0 Å². The largest absolute Gasteiger partial charge is 0.505 e. The molecule has 0 bridgehead atoms. The number of piperidine rings is 1. The van der Waals surface area contributed by atoms with Crippen molar-refractivity contribution >= 4 is 5.91 Å². The summed E-state index contributed by atoms with van der Waals surface area (Å²) in [6.45, 7) is 2.93. The van der Waals surface area contributed by atoms with Crippen LogP contribution < -0.4 is 0 Å². The van der Waals surface area contributed by atoms with Gasteiger partial charge in [0.2, 0.25) is 0 Å². The Morgan fingerprint density at radius 1 is 1.53 bits per heavy atom. The van der Waals surface area contributed by atoms with Crippen LogP contribution in [-0.2, 0) is 0 Å². The normalized spacial score (nSPS) is 17.4. The van der Waals surface area contributed by atoms with Gasteiger partial charge in [-0.15, -0.1) is 0 Å². The van der Waals surface area contributed by atoms with E-state index in [-0.39, 0.29) is 11.7 Å². The molecule has 1 aromatic rings. The quantitative estimate of drug-likeness (QED) is 0.890. The lowest BCUT2D eigenvalue weighted by Crippen LogP contribution is -2.38. The maximum atomic E-state index is 12.2.